The molecule has 0 spiro atoms. The Morgan fingerprint density at radius 2 is 1.79 bits per heavy atom. The number of para-hydroxylation sites is 2. The third-order valence-corrected chi connectivity index (χ3v) is 7.33. The third kappa shape index (κ3) is 5.79. The van der Waals surface area contributed by atoms with Crippen LogP contribution in [0.2, 0.25) is 0 Å². The predicted octanol–water partition coefficient (Wildman–Crippen LogP) is 2.68. The fraction of sp³-hybridized carbons (Fsp3) is 0.409. The molecule has 1 aliphatic heterocycles. The number of sulfonamides is 1. The van der Waals surface area contributed by atoms with Crippen LogP contribution in [0.4, 0.5) is 17.1 Å². The van der Waals surface area contributed by atoms with E-state index in [1.165, 1.54) is 32.3 Å². The van der Waals surface area contributed by atoms with Crippen molar-refractivity contribution in [2.45, 2.75) is 24.2 Å². The lowest BCUT2D eigenvalue weighted by atomic mass is 10.1. The molecule has 0 unspecified atom stereocenters. The summed E-state index contributed by atoms with van der Waals surface area (Å²) in [4.78, 5) is 25.9. The molecule has 3 rings (SSSR count). The fourth-order valence-corrected chi connectivity index (χ4v) is 4.66. The van der Waals surface area contributed by atoms with Crippen molar-refractivity contribution in [1.29, 1.82) is 0 Å². The van der Waals surface area contributed by atoms with Crippen LogP contribution in [0.1, 0.15) is 29.6 Å². The van der Waals surface area contributed by atoms with Crippen LogP contribution in [-0.4, -0.2) is 63.8 Å². The molecule has 0 bridgehead atoms. The number of nitro benzene ring substituents is 1. The van der Waals surface area contributed by atoms with Crippen molar-refractivity contribution in [3.63, 3.8) is 0 Å². The average molecular weight is 476 g/mol. The first kappa shape index (κ1) is 24.5. The summed E-state index contributed by atoms with van der Waals surface area (Å²) in [5.41, 5.74) is 1.32. The smallest absolute Gasteiger partial charge is 0.292 e. The Morgan fingerprint density at radius 3 is 2.45 bits per heavy atom. The van der Waals surface area contributed by atoms with E-state index in [9.17, 15) is 23.3 Å². The number of amides is 1. The first-order valence-corrected chi connectivity index (χ1v) is 12.2. The van der Waals surface area contributed by atoms with Crippen molar-refractivity contribution in [3.8, 4) is 0 Å². The number of piperidine rings is 1. The number of nitrogens with zero attached hydrogens (tertiary/aromatic N) is 3. The average Bonchev–Trinajstić information content (AvgIpc) is 2.82. The number of rotatable bonds is 9. The zero-order valence-corrected chi connectivity index (χ0v) is 19.6. The Bertz CT molecular complexity index is 1110. The number of hydrogen-bond donors (Lipinski definition) is 2. The van der Waals surface area contributed by atoms with Crippen molar-refractivity contribution in [2.75, 3.05) is 50.5 Å². The van der Waals surface area contributed by atoms with E-state index in [0.29, 0.717) is 16.9 Å². The summed E-state index contributed by atoms with van der Waals surface area (Å²) in [6.45, 7) is 2.08. The van der Waals surface area contributed by atoms with Gasteiger partial charge >= 0.3 is 0 Å². The Labute approximate surface area is 193 Å². The minimum Gasteiger partial charge on any atom is -0.378 e. The Morgan fingerprint density at radius 1 is 1.09 bits per heavy atom. The van der Waals surface area contributed by atoms with E-state index in [0.717, 1.165) is 36.7 Å². The number of nitrogens with one attached hydrogen (secondary N) is 2. The molecule has 33 heavy (non-hydrogen) atoms. The van der Waals surface area contributed by atoms with Crippen LogP contribution in [0.3, 0.4) is 0 Å². The second kappa shape index (κ2) is 10.6. The highest BCUT2D eigenvalue weighted by Gasteiger charge is 2.24. The summed E-state index contributed by atoms with van der Waals surface area (Å²) in [6.07, 6.45) is 3.15. The molecule has 2 aromatic carbocycles. The minimum atomic E-state index is -3.70. The maximum Gasteiger partial charge on any atom is 0.292 e. The molecule has 1 aliphatic rings. The summed E-state index contributed by atoms with van der Waals surface area (Å²) in [7, 11) is -0.803. The van der Waals surface area contributed by atoms with E-state index in [-0.39, 0.29) is 23.7 Å². The maximum atomic E-state index is 13.1. The van der Waals surface area contributed by atoms with Gasteiger partial charge < -0.3 is 15.5 Å². The van der Waals surface area contributed by atoms with Gasteiger partial charge in [-0.2, -0.15) is 0 Å². The quantitative estimate of drug-likeness (QED) is 0.324. The zero-order chi connectivity index (χ0) is 24.0. The number of benzene rings is 2. The van der Waals surface area contributed by atoms with E-state index in [2.05, 4.69) is 15.5 Å². The molecule has 1 amide bonds. The van der Waals surface area contributed by atoms with Crippen LogP contribution < -0.4 is 15.5 Å². The van der Waals surface area contributed by atoms with Crippen LogP contribution in [-0.2, 0) is 10.0 Å². The molecule has 1 fully saturated rings. The number of hydrogen-bond acceptors (Lipinski definition) is 7. The number of nitro groups is 1. The molecule has 11 heteroatoms. The Balaban J connectivity index is 1.76. The second-order valence-corrected chi connectivity index (χ2v) is 10.1. The first-order chi connectivity index (χ1) is 15.7. The summed E-state index contributed by atoms with van der Waals surface area (Å²) >= 11 is 0. The molecular formula is C22H29N5O5S. The molecule has 0 aromatic heterocycles. The highest BCUT2D eigenvalue weighted by molar-refractivity contribution is 7.89. The molecule has 10 nitrogen and oxygen atoms in total. The monoisotopic (exact) mass is 475 g/mol. The van der Waals surface area contributed by atoms with Gasteiger partial charge in [-0.15, -0.1) is 0 Å². The van der Waals surface area contributed by atoms with Crippen molar-refractivity contribution < 1.29 is 18.1 Å². The predicted molar refractivity (Wildman–Crippen MR) is 127 cm³/mol. The molecule has 2 N–H and O–H groups in total. The van der Waals surface area contributed by atoms with Crippen molar-refractivity contribution in [1.82, 2.24) is 9.62 Å². The van der Waals surface area contributed by atoms with Gasteiger partial charge in [0, 0.05) is 52.0 Å². The van der Waals surface area contributed by atoms with E-state index in [4.69, 9.17) is 0 Å². The van der Waals surface area contributed by atoms with Gasteiger partial charge in [0.15, 0.2) is 0 Å². The SMILES string of the molecule is CN(C)S(=O)(=O)c1ccc(N2CCCCC2)c(C(=O)NCCNc2ccccc2[N+](=O)[O-])c1. The van der Waals surface area contributed by atoms with Gasteiger partial charge in [-0.1, -0.05) is 12.1 Å². The molecule has 1 saturated heterocycles. The molecule has 1 heterocycles. The van der Waals surface area contributed by atoms with Crippen LogP contribution in [0, 0.1) is 10.1 Å². The number of carbonyl (C=O) groups is 1. The van der Waals surface area contributed by atoms with Crippen molar-refractivity contribution in [2.24, 2.45) is 0 Å². The molecule has 0 aliphatic carbocycles. The maximum absolute atomic E-state index is 13.1. The molecule has 0 saturated carbocycles. The Hall–Kier alpha value is -3.18. The van der Waals surface area contributed by atoms with Gasteiger partial charge in [0.2, 0.25) is 10.0 Å². The summed E-state index contributed by atoms with van der Waals surface area (Å²) in [5.74, 6) is -0.393. The highest BCUT2D eigenvalue weighted by Crippen LogP contribution is 2.28. The van der Waals surface area contributed by atoms with Crippen LogP contribution in [0.5, 0.6) is 0 Å². The van der Waals surface area contributed by atoms with Gasteiger partial charge in [0.1, 0.15) is 5.69 Å². The van der Waals surface area contributed by atoms with Gasteiger partial charge in [-0.3, -0.25) is 14.9 Å². The van der Waals surface area contributed by atoms with E-state index >= 15 is 0 Å². The van der Waals surface area contributed by atoms with E-state index in [1.54, 1.807) is 24.3 Å². The highest BCUT2D eigenvalue weighted by atomic mass is 32.2. The molecule has 0 atom stereocenters. The van der Waals surface area contributed by atoms with Crippen LogP contribution >= 0.6 is 0 Å². The van der Waals surface area contributed by atoms with Gasteiger partial charge in [-0.05, 0) is 43.5 Å². The molecule has 178 valence electrons. The van der Waals surface area contributed by atoms with Crippen LogP contribution in [0.25, 0.3) is 0 Å². The van der Waals surface area contributed by atoms with Crippen molar-refractivity contribution >= 4 is 33.0 Å². The van der Waals surface area contributed by atoms with E-state index in [1.807, 2.05) is 0 Å². The standard InChI is InChI=1S/C22H29N5O5S/c1-25(2)33(31,32)17-10-11-20(26-14-6-3-7-15-26)18(16-17)22(28)24-13-12-23-19-8-4-5-9-21(19)27(29)30/h4-5,8-11,16,23H,3,6-7,12-15H2,1-2H3,(H,24,28). The molecule has 0 radical (unpaired) electrons. The summed E-state index contributed by atoms with van der Waals surface area (Å²) in [5, 5.41) is 16.9. The van der Waals surface area contributed by atoms with Crippen molar-refractivity contribution in [3.05, 3.63) is 58.1 Å². The summed E-state index contributed by atoms with van der Waals surface area (Å²) in [6, 6.07) is 10.9. The lowest BCUT2D eigenvalue weighted by Crippen LogP contribution is -2.34. The molecular weight excluding hydrogens is 446 g/mol. The number of anilines is 2. The lowest BCUT2D eigenvalue weighted by molar-refractivity contribution is -0.384. The Kier molecular flexibility index (Phi) is 7.88. The van der Waals surface area contributed by atoms with E-state index < -0.39 is 20.9 Å². The number of carbonyl (C=O) groups excluding carboxylic acids is 1. The zero-order valence-electron chi connectivity index (χ0n) is 18.8. The normalized spacial score (nSPS) is 14.2. The fourth-order valence-electron chi connectivity index (χ4n) is 3.73. The van der Waals surface area contributed by atoms with Gasteiger partial charge in [0.25, 0.3) is 11.6 Å². The second-order valence-electron chi connectivity index (χ2n) is 7.97. The third-order valence-electron chi connectivity index (χ3n) is 5.51. The topological polar surface area (TPSA) is 125 Å². The lowest BCUT2D eigenvalue weighted by Gasteiger charge is -2.30. The molecule has 2 aromatic rings. The first-order valence-electron chi connectivity index (χ1n) is 10.8. The largest absolute Gasteiger partial charge is 0.378 e. The minimum absolute atomic E-state index is 0.0437. The summed E-state index contributed by atoms with van der Waals surface area (Å²) < 4.78 is 26.3. The van der Waals surface area contributed by atoms with Gasteiger partial charge in [-0.25, -0.2) is 12.7 Å². The van der Waals surface area contributed by atoms with Gasteiger partial charge in [0.05, 0.1) is 15.4 Å². The van der Waals surface area contributed by atoms with Crippen LogP contribution in [0.15, 0.2) is 47.4 Å².